The smallest absolute Gasteiger partial charge is 0.272 e. The molecule has 0 bridgehead atoms. The molecule has 4 N–H and O–H groups in total. The summed E-state index contributed by atoms with van der Waals surface area (Å²) in [6.45, 7) is 0.173. The van der Waals surface area contributed by atoms with E-state index in [1.54, 1.807) is 19.4 Å². The summed E-state index contributed by atoms with van der Waals surface area (Å²) in [5.74, 6) is 0.657. The molecule has 0 aliphatic heterocycles. The van der Waals surface area contributed by atoms with Crippen LogP contribution in [0.2, 0.25) is 0 Å². The Balaban J connectivity index is 1.44. The predicted molar refractivity (Wildman–Crippen MR) is 159 cm³/mol. The number of thiophene rings is 1. The Labute approximate surface area is 230 Å². The van der Waals surface area contributed by atoms with Gasteiger partial charge in [0.1, 0.15) is 17.3 Å². The first-order valence-corrected chi connectivity index (χ1v) is 14.7. The summed E-state index contributed by atoms with van der Waals surface area (Å²) >= 11 is 1.52. The Morgan fingerprint density at radius 2 is 2.00 bits per heavy atom. The normalized spacial score (nSPS) is 12.0. The van der Waals surface area contributed by atoms with Crippen molar-refractivity contribution in [2.45, 2.75) is 0 Å². The monoisotopic (exact) mass is 561 g/mol. The lowest BCUT2D eigenvalue weighted by Gasteiger charge is -2.13. The maximum Gasteiger partial charge on any atom is 0.272 e. The molecule has 9 nitrogen and oxygen atoms in total. The second-order valence-corrected chi connectivity index (χ2v) is 11.7. The first kappa shape index (κ1) is 26.4. The van der Waals surface area contributed by atoms with Crippen LogP contribution < -0.4 is 20.5 Å². The van der Waals surface area contributed by atoms with Gasteiger partial charge in [0.2, 0.25) is 10.0 Å². The summed E-state index contributed by atoms with van der Waals surface area (Å²) in [6.07, 6.45) is 6.33. The molecule has 1 amide bonds. The largest absolute Gasteiger partial charge is 0.495 e. The van der Waals surface area contributed by atoms with Crippen molar-refractivity contribution in [3.63, 3.8) is 0 Å². The molecular weight excluding hydrogens is 534 g/mol. The fourth-order valence-corrected chi connectivity index (χ4v) is 5.94. The number of amides is 1. The molecule has 0 unspecified atom stereocenters. The minimum atomic E-state index is -3.28. The van der Waals surface area contributed by atoms with E-state index in [4.69, 9.17) is 10.5 Å². The van der Waals surface area contributed by atoms with Gasteiger partial charge in [-0.05, 0) is 35.2 Å². The highest BCUT2D eigenvalue weighted by molar-refractivity contribution is 7.88. The van der Waals surface area contributed by atoms with E-state index in [-0.39, 0.29) is 12.5 Å². The number of hydrogen-bond donors (Lipinski definition) is 3. The van der Waals surface area contributed by atoms with E-state index in [2.05, 4.69) is 15.0 Å². The molecule has 3 aromatic heterocycles. The molecule has 2 aromatic carbocycles. The van der Waals surface area contributed by atoms with Crippen LogP contribution >= 0.6 is 11.3 Å². The lowest BCUT2D eigenvalue weighted by Crippen LogP contribution is -2.21. The Morgan fingerprint density at radius 3 is 2.74 bits per heavy atom. The fraction of sp³-hybridized carbons (Fsp3) is 0.143. The highest BCUT2D eigenvalue weighted by Crippen LogP contribution is 2.41. The highest BCUT2D eigenvalue weighted by Gasteiger charge is 2.18. The summed E-state index contributed by atoms with van der Waals surface area (Å²) < 4.78 is 33.5. The molecule has 5 rings (SSSR count). The zero-order valence-electron chi connectivity index (χ0n) is 21.6. The number of nitrogen functional groups attached to an aromatic ring is 1. The third kappa shape index (κ3) is 5.37. The van der Waals surface area contributed by atoms with Gasteiger partial charge >= 0.3 is 0 Å². The number of nitrogens with two attached hydrogens (primary N) is 1. The number of carbonyl (C=O) groups is 1. The van der Waals surface area contributed by atoms with E-state index in [9.17, 15) is 13.2 Å². The highest BCUT2D eigenvalue weighted by atomic mass is 32.2. The number of nitrogens with zero attached hydrogens (tertiary/aromatic N) is 2. The van der Waals surface area contributed by atoms with Gasteiger partial charge in [0.15, 0.2) is 0 Å². The Hall–Kier alpha value is -4.19. The summed E-state index contributed by atoms with van der Waals surface area (Å²) in [6, 6.07) is 15.3. The number of rotatable bonds is 8. The number of benzene rings is 2. The number of nitrogens with one attached hydrogen (secondary N) is 2. The first-order chi connectivity index (χ1) is 18.7. The molecule has 0 saturated heterocycles. The number of aryl methyl sites for hydroxylation is 1. The van der Waals surface area contributed by atoms with Crippen molar-refractivity contribution >= 4 is 65.8 Å². The molecule has 11 heteroatoms. The number of fused-ring (bicyclic) bond motifs is 2. The maximum atomic E-state index is 13.2. The molecule has 0 aliphatic rings. The minimum Gasteiger partial charge on any atom is -0.495 e. The minimum absolute atomic E-state index is 0.173. The van der Waals surface area contributed by atoms with Crippen molar-refractivity contribution in [3.05, 3.63) is 77.4 Å². The van der Waals surface area contributed by atoms with Crippen LogP contribution in [0.3, 0.4) is 0 Å². The molecule has 0 aliphatic carbocycles. The zero-order chi connectivity index (χ0) is 27.7. The number of hydrogen-bond acceptors (Lipinski definition) is 7. The van der Waals surface area contributed by atoms with E-state index < -0.39 is 10.0 Å². The molecule has 0 radical (unpaired) electrons. The van der Waals surface area contributed by atoms with Gasteiger partial charge in [0.05, 0.1) is 19.1 Å². The molecule has 39 heavy (non-hydrogen) atoms. The second kappa shape index (κ2) is 10.5. The fourth-order valence-electron chi connectivity index (χ4n) is 4.46. The summed E-state index contributed by atoms with van der Waals surface area (Å²) in [4.78, 5) is 17.5. The molecular formula is C28H27N5O4S2. The number of carbonyl (C=O) groups excluding carboxylic acids is 1. The molecule has 0 fully saturated rings. The Morgan fingerprint density at radius 1 is 1.21 bits per heavy atom. The quantitative estimate of drug-likeness (QED) is 0.248. The Bertz CT molecular complexity index is 1850. The average molecular weight is 562 g/mol. The van der Waals surface area contributed by atoms with Crippen molar-refractivity contribution < 1.29 is 17.9 Å². The molecule has 0 atom stereocenters. The number of para-hydroxylation sites is 1. The van der Waals surface area contributed by atoms with Crippen LogP contribution in [0.5, 0.6) is 5.75 Å². The van der Waals surface area contributed by atoms with Gasteiger partial charge in [0, 0.05) is 51.9 Å². The van der Waals surface area contributed by atoms with Gasteiger partial charge in [0.25, 0.3) is 5.91 Å². The van der Waals surface area contributed by atoms with Crippen molar-refractivity contribution in [2.75, 3.05) is 31.0 Å². The number of methoxy groups -OCH3 is 1. The molecule has 3 heterocycles. The van der Waals surface area contributed by atoms with Gasteiger partial charge in [-0.1, -0.05) is 36.4 Å². The molecule has 5 aromatic rings. The van der Waals surface area contributed by atoms with Gasteiger partial charge in [-0.2, -0.15) is 0 Å². The Kier molecular flexibility index (Phi) is 7.13. The molecule has 200 valence electrons. The van der Waals surface area contributed by atoms with Gasteiger partial charge in [-0.3, -0.25) is 4.79 Å². The first-order valence-electron chi connectivity index (χ1n) is 12.0. The van der Waals surface area contributed by atoms with Crippen LogP contribution in [-0.2, 0) is 17.1 Å². The number of ether oxygens (including phenoxy) is 1. The topological polar surface area (TPSA) is 128 Å². The number of sulfonamides is 1. The lowest BCUT2D eigenvalue weighted by atomic mass is 10.0. The van der Waals surface area contributed by atoms with Gasteiger partial charge in [-0.15, -0.1) is 11.3 Å². The standard InChI is InChI=1S/C28H27N5O4S2/c1-33-22-9-5-4-7-18(22)13-23(33)28(34)32-21-11-10-17(14-24(21)37-2)20-16-38-26-19(15-30-27(29)25(20)26)8-6-12-31-39(3,35)36/h4-11,13-16,31H,12H2,1-3H3,(H2,29,30)(H,32,34)/b8-6+. The summed E-state index contributed by atoms with van der Waals surface area (Å²) in [5.41, 5.74) is 10.9. The summed E-state index contributed by atoms with van der Waals surface area (Å²) in [7, 11) is 0.145. The van der Waals surface area contributed by atoms with Crippen LogP contribution in [-0.4, -0.2) is 43.8 Å². The average Bonchev–Trinajstić information content (AvgIpc) is 3.50. The predicted octanol–water partition coefficient (Wildman–Crippen LogP) is 4.86. The number of anilines is 2. The van der Waals surface area contributed by atoms with Crippen LogP contribution in [0.1, 0.15) is 16.1 Å². The second-order valence-electron chi connectivity index (χ2n) is 8.99. The van der Waals surface area contributed by atoms with Crippen LogP contribution in [0.15, 0.2) is 66.2 Å². The molecule has 0 saturated carbocycles. The zero-order valence-corrected chi connectivity index (χ0v) is 23.2. The van der Waals surface area contributed by atoms with E-state index in [1.165, 1.54) is 11.3 Å². The lowest BCUT2D eigenvalue weighted by molar-refractivity contribution is 0.101. The number of aromatic nitrogens is 2. The van der Waals surface area contributed by atoms with E-state index in [1.807, 2.05) is 71.6 Å². The summed E-state index contributed by atoms with van der Waals surface area (Å²) in [5, 5.41) is 6.76. The van der Waals surface area contributed by atoms with Gasteiger partial charge in [-0.25, -0.2) is 18.1 Å². The van der Waals surface area contributed by atoms with E-state index in [0.29, 0.717) is 22.9 Å². The maximum absolute atomic E-state index is 13.2. The third-order valence-electron chi connectivity index (χ3n) is 6.36. The third-order valence-corrected chi connectivity index (χ3v) is 8.08. The van der Waals surface area contributed by atoms with Crippen LogP contribution in [0, 0.1) is 0 Å². The molecule has 0 spiro atoms. The number of pyridine rings is 1. The SMILES string of the molecule is COc1cc(-c2csc3c(/C=C/CNS(C)(=O)=O)cnc(N)c23)ccc1NC(=O)c1cc2ccccc2n1C. The van der Waals surface area contributed by atoms with Crippen molar-refractivity contribution in [1.82, 2.24) is 14.3 Å². The van der Waals surface area contributed by atoms with Crippen molar-refractivity contribution in [3.8, 4) is 16.9 Å². The van der Waals surface area contributed by atoms with Crippen LogP contribution in [0.25, 0.3) is 38.2 Å². The van der Waals surface area contributed by atoms with Crippen molar-refractivity contribution in [2.24, 2.45) is 7.05 Å². The van der Waals surface area contributed by atoms with E-state index in [0.717, 1.165) is 43.9 Å². The van der Waals surface area contributed by atoms with E-state index >= 15 is 0 Å². The van der Waals surface area contributed by atoms with Crippen LogP contribution in [0.4, 0.5) is 11.5 Å². The van der Waals surface area contributed by atoms with Gasteiger partial charge < -0.3 is 20.4 Å². The van der Waals surface area contributed by atoms with Crippen molar-refractivity contribution in [1.29, 1.82) is 0 Å².